The van der Waals surface area contributed by atoms with Crippen molar-refractivity contribution >= 4 is 46.4 Å². The van der Waals surface area contributed by atoms with Crippen molar-refractivity contribution in [2.75, 3.05) is 24.5 Å². The Morgan fingerprint density at radius 1 is 1.19 bits per heavy atom. The monoisotopic (exact) mass is 393 g/mol. The fourth-order valence-electron chi connectivity index (χ4n) is 2.94. The van der Waals surface area contributed by atoms with Gasteiger partial charge in [0.15, 0.2) is 5.11 Å². The highest BCUT2D eigenvalue weighted by molar-refractivity contribution is 7.80. The third kappa shape index (κ3) is 4.69. The van der Waals surface area contributed by atoms with Crippen molar-refractivity contribution < 1.29 is 9.59 Å². The molecule has 2 amide bonds. The molecule has 0 aromatic heterocycles. The summed E-state index contributed by atoms with van der Waals surface area (Å²) < 4.78 is 0. The first-order valence-electron chi connectivity index (χ1n) is 8.59. The van der Waals surface area contributed by atoms with Crippen LogP contribution in [0.3, 0.4) is 0 Å². The highest BCUT2D eigenvalue weighted by Gasteiger charge is 2.36. The zero-order valence-corrected chi connectivity index (χ0v) is 17.1. The number of hydrogen-bond donors (Lipinski definition) is 1. The van der Waals surface area contributed by atoms with Crippen molar-refractivity contribution in [1.82, 2.24) is 10.2 Å². The van der Waals surface area contributed by atoms with Crippen LogP contribution >= 0.6 is 23.8 Å². The molecule has 1 aromatic carbocycles. The topological polar surface area (TPSA) is 52.7 Å². The summed E-state index contributed by atoms with van der Waals surface area (Å²) in [5, 5.41) is 3.24. The standard InChI is InChI=1S/C19H24ClN3O2S/c1-5-22(6-2)12-19(3,4)11-15-16(24)21-18(26)23(17(15)25)14-9-7-13(20)8-10-14/h7-11H,5-6,12H2,1-4H3,(H,21,24,26)/b15-11-. The molecule has 0 atom stereocenters. The van der Waals surface area contributed by atoms with E-state index in [0.717, 1.165) is 19.6 Å². The van der Waals surface area contributed by atoms with Crippen molar-refractivity contribution in [3.05, 3.63) is 40.9 Å². The summed E-state index contributed by atoms with van der Waals surface area (Å²) in [5.41, 5.74) is 0.321. The quantitative estimate of drug-likeness (QED) is 0.457. The molecule has 1 aliphatic heterocycles. The third-order valence-electron chi connectivity index (χ3n) is 4.25. The smallest absolute Gasteiger partial charge is 0.269 e. The van der Waals surface area contributed by atoms with Gasteiger partial charge in [-0.1, -0.05) is 45.4 Å². The van der Waals surface area contributed by atoms with E-state index in [2.05, 4.69) is 24.1 Å². The van der Waals surface area contributed by atoms with Crippen LogP contribution in [0, 0.1) is 5.41 Å². The summed E-state index contributed by atoms with van der Waals surface area (Å²) in [4.78, 5) is 29.0. The van der Waals surface area contributed by atoms with Gasteiger partial charge >= 0.3 is 0 Å². The maximum absolute atomic E-state index is 13.0. The Bertz CT molecular complexity index is 740. The molecule has 1 saturated heterocycles. The molecule has 1 fully saturated rings. The normalized spacial score (nSPS) is 17.2. The third-order valence-corrected chi connectivity index (χ3v) is 4.78. The van der Waals surface area contributed by atoms with Crippen LogP contribution in [0.15, 0.2) is 35.9 Å². The van der Waals surface area contributed by atoms with Crippen molar-refractivity contribution in [1.29, 1.82) is 0 Å². The molecule has 26 heavy (non-hydrogen) atoms. The van der Waals surface area contributed by atoms with Crippen LogP contribution in [0.25, 0.3) is 0 Å². The average Bonchev–Trinajstić information content (AvgIpc) is 2.58. The summed E-state index contributed by atoms with van der Waals surface area (Å²) >= 11 is 11.1. The number of benzene rings is 1. The average molecular weight is 394 g/mol. The van der Waals surface area contributed by atoms with Crippen molar-refractivity contribution in [3.63, 3.8) is 0 Å². The predicted octanol–water partition coefficient (Wildman–Crippen LogP) is 3.38. The first kappa shape index (κ1) is 20.6. The zero-order chi connectivity index (χ0) is 19.5. The Balaban J connectivity index is 2.35. The van der Waals surface area contributed by atoms with Crippen LogP contribution in [0.5, 0.6) is 0 Å². The van der Waals surface area contributed by atoms with Gasteiger partial charge < -0.3 is 4.90 Å². The van der Waals surface area contributed by atoms with Crippen molar-refractivity contribution in [2.45, 2.75) is 27.7 Å². The Labute approximate surface area is 165 Å². The van der Waals surface area contributed by atoms with Gasteiger partial charge in [-0.15, -0.1) is 0 Å². The number of rotatable bonds is 6. The van der Waals surface area contributed by atoms with Gasteiger partial charge in [0, 0.05) is 11.6 Å². The van der Waals surface area contributed by atoms with E-state index in [1.165, 1.54) is 4.90 Å². The molecule has 0 saturated carbocycles. The molecule has 0 unspecified atom stereocenters. The maximum atomic E-state index is 13.0. The van der Waals surface area contributed by atoms with Gasteiger partial charge in [-0.2, -0.15) is 0 Å². The van der Waals surface area contributed by atoms with Gasteiger partial charge in [-0.05, 0) is 55.0 Å². The molecule has 5 nitrogen and oxygen atoms in total. The van der Waals surface area contributed by atoms with Crippen LogP contribution in [-0.4, -0.2) is 41.5 Å². The first-order chi connectivity index (χ1) is 12.2. The summed E-state index contributed by atoms with van der Waals surface area (Å²) in [6.07, 6.45) is 1.74. The van der Waals surface area contributed by atoms with Gasteiger partial charge in [0.25, 0.3) is 11.8 Å². The van der Waals surface area contributed by atoms with E-state index in [9.17, 15) is 9.59 Å². The highest BCUT2D eigenvalue weighted by atomic mass is 35.5. The molecule has 0 spiro atoms. The molecule has 140 valence electrons. The molecular weight excluding hydrogens is 370 g/mol. The summed E-state index contributed by atoms with van der Waals surface area (Å²) in [6, 6.07) is 6.75. The second-order valence-corrected chi connectivity index (χ2v) is 7.71. The largest absolute Gasteiger partial charge is 0.303 e. The highest BCUT2D eigenvalue weighted by Crippen LogP contribution is 2.26. The molecule has 1 aromatic rings. The number of halogens is 1. The van der Waals surface area contributed by atoms with Crippen LogP contribution < -0.4 is 10.2 Å². The number of carbonyl (C=O) groups excluding carboxylic acids is 2. The molecule has 1 N–H and O–H groups in total. The van der Waals surface area contributed by atoms with E-state index in [1.54, 1.807) is 30.3 Å². The lowest BCUT2D eigenvalue weighted by Crippen LogP contribution is -2.54. The predicted molar refractivity (Wildman–Crippen MR) is 109 cm³/mol. The lowest BCUT2D eigenvalue weighted by molar-refractivity contribution is -0.122. The van der Waals surface area contributed by atoms with Crippen molar-refractivity contribution in [3.8, 4) is 0 Å². The lowest BCUT2D eigenvalue weighted by atomic mass is 9.89. The molecule has 1 aliphatic rings. The van der Waals surface area contributed by atoms with E-state index in [-0.39, 0.29) is 16.1 Å². The van der Waals surface area contributed by atoms with E-state index >= 15 is 0 Å². The number of carbonyl (C=O) groups is 2. The zero-order valence-electron chi connectivity index (χ0n) is 15.5. The maximum Gasteiger partial charge on any atom is 0.269 e. The number of nitrogens with one attached hydrogen (secondary N) is 1. The molecule has 0 bridgehead atoms. The molecule has 2 rings (SSSR count). The minimum Gasteiger partial charge on any atom is -0.303 e. The van der Waals surface area contributed by atoms with Gasteiger partial charge in [-0.25, -0.2) is 0 Å². The minimum absolute atomic E-state index is 0.0704. The lowest BCUT2D eigenvalue weighted by Gasteiger charge is -2.32. The molecular formula is C19H24ClN3O2S. The number of anilines is 1. The molecule has 0 aliphatic carbocycles. The van der Waals surface area contributed by atoms with Gasteiger partial charge in [0.05, 0.1) is 5.69 Å². The van der Waals surface area contributed by atoms with Crippen LogP contribution in [0.4, 0.5) is 5.69 Å². The SMILES string of the molecule is CCN(CC)CC(C)(C)/C=C1/C(=O)NC(=S)N(c2ccc(Cl)cc2)C1=O. The van der Waals surface area contributed by atoms with Crippen LogP contribution in [-0.2, 0) is 9.59 Å². The number of hydrogen-bond acceptors (Lipinski definition) is 4. The molecule has 0 radical (unpaired) electrons. The van der Waals surface area contributed by atoms with Crippen molar-refractivity contribution in [2.24, 2.45) is 5.41 Å². The number of amides is 2. The molecule has 1 heterocycles. The number of thiocarbonyl (C=S) groups is 1. The Morgan fingerprint density at radius 2 is 1.77 bits per heavy atom. The summed E-state index contributed by atoms with van der Waals surface area (Å²) in [7, 11) is 0. The number of nitrogens with zero attached hydrogens (tertiary/aromatic N) is 2. The van der Waals surface area contributed by atoms with Gasteiger partial charge in [0.2, 0.25) is 0 Å². The first-order valence-corrected chi connectivity index (χ1v) is 9.37. The summed E-state index contributed by atoms with van der Waals surface area (Å²) in [6.45, 7) is 10.8. The molecule has 7 heteroatoms. The fraction of sp³-hybridized carbons (Fsp3) is 0.421. The Morgan fingerprint density at radius 3 is 2.31 bits per heavy atom. The Kier molecular flexibility index (Phi) is 6.55. The second-order valence-electron chi connectivity index (χ2n) is 6.88. The van der Waals surface area contributed by atoms with Gasteiger partial charge in [-0.3, -0.25) is 19.8 Å². The van der Waals surface area contributed by atoms with E-state index in [0.29, 0.717) is 10.7 Å². The van der Waals surface area contributed by atoms with E-state index < -0.39 is 11.8 Å². The Hall–Kier alpha value is -1.76. The van der Waals surface area contributed by atoms with E-state index in [1.807, 2.05) is 13.8 Å². The van der Waals surface area contributed by atoms with Gasteiger partial charge in [0.1, 0.15) is 5.57 Å². The fourth-order valence-corrected chi connectivity index (χ4v) is 3.35. The van der Waals surface area contributed by atoms with E-state index in [4.69, 9.17) is 23.8 Å². The van der Waals surface area contributed by atoms with Crippen LogP contribution in [0.1, 0.15) is 27.7 Å². The summed E-state index contributed by atoms with van der Waals surface area (Å²) in [5.74, 6) is -0.883. The second kappa shape index (κ2) is 8.29. The van der Waals surface area contributed by atoms with Crippen LogP contribution in [0.2, 0.25) is 5.02 Å². The minimum atomic E-state index is -0.460.